The zero-order chi connectivity index (χ0) is 26.7. The number of aliphatic hydroxyl groups is 1. The first-order valence-corrected chi connectivity index (χ1v) is 13.8. The van der Waals surface area contributed by atoms with Crippen molar-refractivity contribution in [2.75, 3.05) is 5.88 Å². The molecule has 2 amide bonds. The molecule has 0 bridgehead atoms. The number of aryl methyl sites for hydroxylation is 1. The number of thioether (sulfide) groups is 1. The molecule has 2 aromatic carbocycles. The lowest BCUT2D eigenvalue weighted by atomic mass is 9.99. The van der Waals surface area contributed by atoms with Gasteiger partial charge < -0.3 is 15.3 Å². The summed E-state index contributed by atoms with van der Waals surface area (Å²) >= 11 is 1.41. The summed E-state index contributed by atoms with van der Waals surface area (Å²) < 4.78 is 27.2. The van der Waals surface area contributed by atoms with Crippen LogP contribution in [0.15, 0.2) is 53.4 Å². The lowest BCUT2D eigenvalue weighted by molar-refractivity contribution is -0.146. The third-order valence-electron chi connectivity index (χ3n) is 6.14. The molecular weight excluding hydrogens is 500 g/mol. The standard InChI is InChI=1S/C25H30N4O5S2/c1-16-8-6-7-9-18(16)14-27-23(31)22-25(3,4)35-15-29(22)24(32)21(30)17(2)28-36(33,34)20-12-10-19(26-5)11-13-20/h6-13,17,21-22,28,30H,14-15H2,1-4H3,(H,27,31). The van der Waals surface area contributed by atoms with Crippen molar-refractivity contribution < 1.29 is 23.1 Å². The summed E-state index contributed by atoms with van der Waals surface area (Å²) in [4.78, 5) is 30.9. The molecule has 0 saturated carbocycles. The molecule has 3 unspecified atom stereocenters. The van der Waals surface area contributed by atoms with Gasteiger partial charge in [0, 0.05) is 11.3 Å². The van der Waals surface area contributed by atoms with Crippen molar-refractivity contribution >= 4 is 39.3 Å². The summed E-state index contributed by atoms with van der Waals surface area (Å²) in [6.45, 7) is 14.3. The number of carbonyl (C=O) groups is 2. The van der Waals surface area contributed by atoms with Gasteiger partial charge in [0.25, 0.3) is 5.91 Å². The Morgan fingerprint density at radius 3 is 2.47 bits per heavy atom. The Hall–Kier alpha value is -2.91. The Labute approximate surface area is 216 Å². The maximum absolute atomic E-state index is 13.2. The minimum atomic E-state index is -4.05. The largest absolute Gasteiger partial charge is 0.382 e. The van der Waals surface area contributed by atoms with Crippen LogP contribution in [-0.2, 0) is 26.2 Å². The van der Waals surface area contributed by atoms with Crippen molar-refractivity contribution in [1.29, 1.82) is 0 Å². The number of aliphatic hydroxyl groups excluding tert-OH is 1. The molecule has 9 nitrogen and oxygen atoms in total. The van der Waals surface area contributed by atoms with Crippen LogP contribution >= 0.6 is 11.8 Å². The summed E-state index contributed by atoms with van der Waals surface area (Å²) in [5, 5.41) is 13.7. The lowest BCUT2D eigenvalue weighted by Gasteiger charge is -2.32. The monoisotopic (exact) mass is 530 g/mol. The molecule has 36 heavy (non-hydrogen) atoms. The van der Waals surface area contributed by atoms with Gasteiger partial charge in [-0.2, -0.15) is 0 Å². The first-order chi connectivity index (χ1) is 16.9. The fourth-order valence-corrected chi connectivity index (χ4v) is 6.35. The normalized spacial score (nSPS) is 18.8. The molecule has 3 N–H and O–H groups in total. The maximum atomic E-state index is 13.2. The Morgan fingerprint density at radius 1 is 1.22 bits per heavy atom. The summed E-state index contributed by atoms with van der Waals surface area (Å²) in [7, 11) is -4.05. The van der Waals surface area contributed by atoms with Crippen molar-refractivity contribution in [1.82, 2.24) is 14.9 Å². The van der Waals surface area contributed by atoms with Gasteiger partial charge in [-0.15, -0.1) is 11.8 Å². The van der Waals surface area contributed by atoms with Crippen LogP contribution in [0.25, 0.3) is 4.85 Å². The van der Waals surface area contributed by atoms with Crippen LogP contribution in [0.2, 0.25) is 0 Å². The van der Waals surface area contributed by atoms with Gasteiger partial charge in [-0.25, -0.2) is 18.0 Å². The average molecular weight is 531 g/mol. The number of rotatable bonds is 8. The van der Waals surface area contributed by atoms with Gasteiger partial charge >= 0.3 is 0 Å². The van der Waals surface area contributed by atoms with E-state index in [1.165, 1.54) is 47.9 Å². The molecule has 0 radical (unpaired) electrons. The highest BCUT2D eigenvalue weighted by molar-refractivity contribution is 8.00. The van der Waals surface area contributed by atoms with Crippen LogP contribution in [0.5, 0.6) is 0 Å². The van der Waals surface area contributed by atoms with Gasteiger partial charge in [0.1, 0.15) is 12.1 Å². The number of amides is 2. The van der Waals surface area contributed by atoms with Crippen molar-refractivity contribution in [3.8, 4) is 0 Å². The van der Waals surface area contributed by atoms with E-state index in [0.29, 0.717) is 6.54 Å². The maximum Gasteiger partial charge on any atom is 0.254 e. The van der Waals surface area contributed by atoms with E-state index in [1.54, 1.807) is 0 Å². The van der Waals surface area contributed by atoms with E-state index in [-0.39, 0.29) is 22.4 Å². The predicted molar refractivity (Wildman–Crippen MR) is 139 cm³/mol. The lowest BCUT2D eigenvalue weighted by Crippen LogP contribution is -2.57. The van der Waals surface area contributed by atoms with Crippen molar-refractivity contribution in [2.45, 2.75) is 62.1 Å². The number of benzene rings is 2. The first kappa shape index (κ1) is 27.7. The molecule has 0 aliphatic carbocycles. The van der Waals surface area contributed by atoms with Crippen LogP contribution in [0.3, 0.4) is 0 Å². The number of hydrogen-bond acceptors (Lipinski definition) is 6. The van der Waals surface area contributed by atoms with Gasteiger partial charge in [0.05, 0.1) is 23.4 Å². The van der Waals surface area contributed by atoms with E-state index in [9.17, 15) is 23.1 Å². The van der Waals surface area contributed by atoms with E-state index < -0.39 is 38.9 Å². The quantitative estimate of drug-likeness (QED) is 0.451. The average Bonchev–Trinajstić information content (AvgIpc) is 3.17. The van der Waals surface area contributed by atoms with E-state index in [0.717, 1.165) is 11.1 Å². The molecule has 3 rings (SSSR count). The number of hydrogen-bond donors (Lipinski definition) is 3. The number of sulfonamides is 1. The molecule has 1 aliphatic rings. The molecule has 11 heteroatoms. The van der Waals surface area contributed by atoms with Crippen LogP contribution < -0.4 is 10.0 Å². The van der Waals surface area contributed by atoms with Gasteiger partial charge in [-0.05, 0) is 38.8 Å². The second-order valence-electron chi connectivity index (χ2n) is 9.19. The van der Waals surface area contributed by atoms with Gasteiger partial charge in [0.15, 0.2) is 5.69 Å². The van der Waals surface area contributed by atoms with E-state index in [2.05, 4.69) is 14.9 Å². The Balaban J connectivity index is 1.71. The smallest absolute Gasteiger partial charge is 0.254 e. The van der Waals surface area contributed by atoms with E-state index in [1.807, 2.05) is 45.0 Å². The molecule has 3 atom stereocenters. The summed E-state index contributed by atoms with van der Waals surface area (Å²) in [5.74, 6) is -0.896. The number of nitrogens with zero attached hydrogens (tertiary/aromatic N) is 2. The summed E-state index contributed by atoms with van der Waals surface area (Å²) in [6.07, 6.45) is -1.71. The van der Waals surface area contributed by atoms with Crippen LogP contribution in [0, 0.1) is 13.5 Å². The van der Waals surface area contributed by atoms with Gasteiger partial charge in [0.2, 0.25) is 15.9 Å². The Kier molecular flexibility index (Phi) is 8.46. The fourth-order valence-electron chi connectivity index (χ4n) is 3.96. The zero-order valence-corrected chi connectivity index (χ0v) is 22.2. The van der Waals surface area contributed by atoms with Crippen molar-refractivity contribution in [3.63, 3.8) is 0 Å². The highest BCUT2D eigenvalue weighted by atomic mass is 32.2. The first-order valence-electron chi connectivity index (χ1n) is 11.3. The molecule has 0 aromatic heterocycles. The van der Waals surface area contributed by atoms with Crippen LogP contribution in [0.4, 0.5) is 5.69 Å². The minimum absolute atomic E-state index is 0.0901. The molecule has 1 aliphatic heterocycles. The van der Waals surface area contributed by atoms with Gasteiger partial charge in [-0.1, -0.05) is 48.5 Å². The molecular formula is C25H30N4O5S2. The highest BCUT2D eigenvalue weighted by Crippen LogP contribution is 2.39. The molecule has 2 aromatic rings. The Bertz CT molecular complexity index is 1270. The number of carbonyl (C=O) groups excluding carboxylic acids is 2. The van der Waals surface area contributed by atoms with E-state index in [4.69, 9.17) is 6.57 Å². The number of nitrogens with one attached hydrogen (secondary N) is 2. The SMILES string of the molecule is [C-]#[N+]c1ccc(S(=O)(=O)NC(C)C(O)C(=O)N2CSC(C)(C)C2C(=O)NCc2ccccc2C)cc1. The predicted octanol–water partition coefficient (Wildman–Crippen LogP) is 2.57. The second kappa shape index (κ2) is 11.0. The van der Waals surface area contributed by atoms with Crippen molar-refractivity contribution in [3.05, 3.63) is 71.1 Å². The second-order valence-corrected chi connectivity index (χ2v) is 12.5. The third-order valence-corrected chi connectivity index (χ3v) is 9.08. The molecule has 1 fully saturated rings. The topological polar surface area (TPSA) is 120 Å². The third kappa shape index (κ3) is 6.07. The highest BCUT2D eigenvalue weighted by Gasteiger charge is 2.49. The van der Waals surface area contributed by atoms with Gasteiger partial charge in [-0.3, -0.25) is 9.59 Å². The zero-order valence-electron chi connectivity index (χ0n) is 20.6. The summed E-state index contributed by atoms with van der Waals surface area (Å²) in [5.41, 5.74) is 2.28. The summed E-state index contributed by atoms with van der Waals surface area (Å²) in [6, 6.07) is 11.0. The molecule has 0 spiro atoms. The minimum Gasteiger partial charge on any atom is -0.382 e. The van der Waals surface area contributed by atoms with E-state index >= 15 is 0 Å². The fraction of sp³-hybridized carbons (Fsp3) is 0.400. The van der Waals surface area contributed by atoms with Crippen LogP contribution in [0.1, 0.15) is 31.9 Å². The molecule has 1 heterocycles. The molecule has 192 valence electrons. The van der Waals surface area contributed by atoms with Crippen molar-refractivity contribution in [2.24, 2.45) is 0 Å². The Morgan fingerprint density at radius 2 is 1.86 bits per heavy atom. The molecule has 1 saturated heterocycles. The van der Waals surface area contributed by atoms with Crippen LogP contribution in [-0.4, -0.2) is 59.1 Å².